The molecule has 6 heteroatoms. The zero-order valence-corrected chi connectivity index (χ0v) is 12.3. The second kappa shape index (κ2) is 5.55. The van der Waals surface area contributed by atoms with Crippen LogP contribution in [0.2, 0.25) is 0 Å². The molecular formula is C11H11Br2N3O. The van der Waals surface area contributed by atoms with Gasteiger partial charge in [0.2, 0.25) is 0 Å². The highest BCUT2D eigenvalue weighted by Gasteiger charge is 2.07. The van der Waals surface area contributed by atoms with E-state index >= 15 is 0 Å². The van der Waals surface area contributed by atoms with E-state index in [1.165, 1.54) is 0 Å². The highest BCUT2D eigenvalue weighted by Crippen LogP contribution is 2.34. The molecular weight excluding hydrogens is 350 g/mol. The third-order valence-corrected chi connectivity index (χ3v) is 3.54. The van der Waals surface area contributed by atoms with Gasteiger partial charge in [-0.25, -0.2) is 0 Å². The van der Waals surface area contributed by atoms with Gasteiger partial charge in [0.05, 0.1) is 29.5 Å². The van der Waals surface area contributed by atoms with Crippen LogP contribution in [0.5, 0.6) is 5.75 Å². The Hall–Kier alpha value is -1.01. The molecule has 1 heterocycles. The van der Waals surface area contributed by atoms with E-state index in [1.54, 1.807) is 13.3 Å². The zero-order chi connectivity index (χ0) is 12.3. The number of ether oxygens (including phenoxy) is 1. The van der Waals surface area contributed by atoms with Gasteiger partial charge in [-0.1, -0.05) is 0 Å². The number of methoxy groups -OCH3 is 1. The number of anilines is 1. The number of rotatable bonds is 4. The summed E-state index contributed by atoms with van der Waals surface area (Å²) in [6.45, 7) is 0.684. The summed E-state index contributed by atoms with van der Waals surface area (Å²) in [6, 6.07) is 5.82. The number of halogens is 2. The van der Waals surface area contributed by atoms with Crippen molar-refractivity contribution in [3.8, 4) is 5.75 Å². The fourth-order valence-electron chi connectivity index (χ4n) is 1.39. The van der Waals surface area contributed by atoms with Crippen LogP contribution in [-0.4, -0.2) is 17.3 Å². The van der Waals surface area contributed by atoms with Crippen LogP contribution in [0.4, 0.5) is 5.69 Å². The number of benzene rings is 1. The number of aromatic amines is 1. The van der Waals surface area contributed by atoms with E-state index < -0.39 is 0 Å². The van der Waals surface area contributed by atoms with Gasteiger partial charge in [0, 0.05) is 16.7 Å². The Kier molecular flexibility index (Phi) is 4.06. The summed E-state index contributed by atoms with van der Waals surface area (Å²) in [7, 11) is 1.65. The van der Waals surface area contributed by atoms with Gasteiger partial charge in [-0.2, -0.15) is 5.10 Å². The molecule has 0 atom stereocenters. The molecule has 0 saturated heterocycles. The van der Waals surface area contributed by atoms with E-state index in [2.05, 4.69) is 47.4 Å². The lowest BCUT2D eigenvalue weighted by molar-refractivity contribution is 0.412. The van der Waals surface area contributed by atoms with Crippen molar-refractivity contribution in [3.05, 3.63) is 39.0 Å². The van der Waals surface area contributed by atoms with Gasteiger partial charge in [-0.15, -0.1) is 0 Å². The lowest BCUT2D eigenvalue weighted by Gasteiger charge is -2.11. The monoisotopic (exact) mass is 359 g/mol. The standard InChI is InChI=1S/C11H11Br2N3O/c1-17-11-5-10(8(12)4-9(11)13)14-6-7-2-3-15-16-7/h2-5,14H,6H2,1H3,(H,15,16). The molecule has 0 aliphatic carbocycles. The Morgan fingerprint density at radius 3 is 2.82 bits per heavy atom. The first-order chi connectivity index (χ1) is 8.20. The van der Waals surface area contributed by atoms with Crippen LogP contribution in [0.25, 0.3) is 0 Å². The number of hydrogen-bond acceptors (Lipinski definition) is 3. The van der Waals surface area contributed by atoms with Gasteiger partial charge < -0.3 is 10.1 Å². The third-order valence-electron chi connectivity index (χ3n) is 2.27. The third kappa shape index (κ3) is 3.01. The lowest BCUT2D eigenvalue weighted by Crippen LogP contribution is -2.01. The van der Waals surface area contributed by atoms with Crippen LogP contribution in [0.15, 0.2) is 33.3 Å². The topological polar surface area (TPSA) is 49.9 Å². The largest absolute Gasteiger partial charge is 0.495 e. The number of nitrogens with zero attached hydrogens (tertiary/aromatic N) is 1. The second-order valence-electron chi connectivity index (χ2n) is 3.40. The molecule has 0 radical (unpaired) electrons. The molecule has 2 N–H and O–H groups in total. The van der Waals surface area contributed by atoms with Crippen molar-refractivity contribution in [2.24, 2.45) is 0 Å². The first-order valence-electron chi connectivity index (χ1n) is 4.96. The molecule has 0 amide bonds. The van der Waals surface area contributed by atoms with Crippen LogP contribution in [0, 0.1) is 0 Å². The van der Waals surface area contributed by atoms with Gasteiger partial charge >= 0.3 is 0 Å². The maximum Gasteiger partial charge on any atom is 0.135 e. The summed E-state index contributed by atoms with van der Waals surface area (Å²) in [6.07, 6.45) is 1.73. The van der Waals surface area contributed by atoms with Crippen LogP contribution in [0.3, 0.4) is 0 Å². The predicted octanol–water partition coefficient (Wildman–Crippen LogP) is 3.56. The highest BCUT2D eigenvalue weighted by molar-refractivity contribution is 9.11. The summed E-state index contributed by atoms with van der Waals surface area (Å²) in [5, 5.41) is 10.1. The van der Waals surface area contributed by atoms with Crippen molar-refractivity contribution in [2.45, 2.75) is 6.54 Å². The second-order valence-corrected chi connectivity index (χ2v) is 5.11. The molecule has 0 unspecified atom stereocenters. The van der Waals surface area contributed by atoms with Crippen molar-refractivity contribution >= 4 is 37.5 Å². The molecule has 90 valence electrons. The van der Waals surface area contributed by atoms with Crippen LogP contribution in [0.1, 0.15) is 5.69 Å². The molecule has 1 aromatic carbocycles. The summed E-state index contributed by atoms with van der Waals surface area (Å²) in [4.78, 5) is 0. The van der Waals surface area contributed by atoms with E-state index in [0.717, 1.165) is 26.1 Å². The number of nitrogens with one attached hydrogen (secondary N) is 2. The van der Waals surface area contributed by atoms with Gasteiger partial charge in [-0.05, 0) is 44.0 Å². The number of aromatic nitrogens is 2. The molecule has 0 saturated carbocycles. The molecule has 0 fully saturated rings. The number of hydrogen-bond donors (Lipinski definition) is 2. The zero-order valence-electron chi connectivity index (χ0n) is 9.13. The quantitative estimate of drug-likeness (QED) is 0.876. The SMILES string of the molecule is COc1cc(NCc2ccn[nH]2)c(Br)cc1Br. The van der Waals surface area contributed by atoms with E-state index in [9.17, 15) is 0 Å². The van der Waals surface area contributed by atoms with Gasteiger partial charge in [-0.3, -0.25) is 5.10 Å². The minimum atomic E-state index is 0.684. The molecule has 0 spiro atoms. The van der Waals surface area contributed by atoms with Gasteiger partial charge in [0.1, 0.15) is 5.75 Å². The summed E-state index contributed by atoms with van der Waals surface area (Å²) in [5.41, 5.74) is 2.00. The fraction of sp³-hybridized carbons (Fsp3) is 0.182. The van der Waals surface area contributed by atoms with E-state index in [4.69, 9.17) is 4.74 Å². The van der Waals surface area contributed by atoms with Gasteiger partial charge in [0.15, 0.2) is 0 Å². The molecule has 0 bridgehead atoms. The van der Waals surface area contributed by atoms with Crippen LogP contribution < -0.4 is 10.1 Å². The Bertz CT molecular complexity index is 500. The van der Waals surface area contributed by atoms with Crippen molar-refractivity contribution in [1.29, 1.82) is 0 Å². The van der Waals surface area contributed by atoms with Gasteiger partial charge in [0.25, 0.3) is 0 Å². The van der Waals surface area contributed by atoms with E-state index in [1.807, 2.05) is 18.2 Å². The Labute approximate surface area is 116 Å². The molecule has 0 aliphatic heterocycles. The average Bonchev–Trinajstić information content (AvgIpc) is 2.81. The smallest absolute Gasteiger partial charge is 0.135 e. The van der Waals surface area contributed by atoms with Crippen molar-refractivity contribution in [1.82, 2.24) is 10.2 Å². The highest BCUT2D eigenvalue weighted by atomic mass is 79.9. The average molecular weight is 361 g/mol. The molecule has 2 rings (SSSR count). The Morgan fingerprint density at radius 1 is 1.35 bits per heavy atom. The minimum Gasteiger partial charge on any atom is -0.495 e. The molecule has 17 heavy (non-hydrogen) atoms. The fourth-order valence-corrected chi connectivity index (χ4v) is 2.69. The van der Waals surface area contributed by atoms with E-state index in [0.29, 0.717) is 6.54 Å². The summed E-state index contributed by atoms with van der Waals surface area (Å²) >= 11 is 6.93. The van der Waals surface area contributed by atoms with Crippen molar-refractivity contribution < 1.29 is 4.74 Å². The predicted molar refractivity (Wildman–Crippen MR) is 74.3 cm³/mol. The molecule has 2 aromatic rings. The Morgan fingerprint density at radius 2 is 2.18 bits per heavy atom. The Balaban J connectivity index is 2.15. The molecule has 0 aliphatic rings. The number of H-pyrrole nitrogens is 1. The van der Waals surface area contributed by atoms with Crippen molar-refractivity contribution in [3.63, 3.8) is 0 Å². The summed E-state index contributed by atoms with van der Waals surface area (Å²) < 4.78 is 7.14. The normalized spacial score (nSPS) is 10.3. The first kappa shape index (κ1) is 12.4. The van der Waals surface area contributed by atoms with Crippen LogP contribution >= 0.6 is 31.9 Å². The maximum absolute atomic E-state index is 5.25. The lowest BCUT2D eigenvalue weighted by atomic mass is 10.3. The molecule has 4 nitrogen and oxygen atoms in total. The molecule has 1 aromatic heterocycles. The van der Waals surface area contributed by atoms with E-state index in [-0.39, 0.29) is 0 Å². The van der Waals surface area contributed by atoms with Crippen LogP contribution in [-0.2, 0) is 6.54 Å². The minimum absolute atomic E-state index is 0.684. The maximum atomic E-state index is 5.25. The van der Waals surface area contributed by atoms with Crippen molar-refractivity contribution in [2.75, 3.05) is 12.4 Å². The first-order valence-corrected chi connectivity index (χ1v) is 6.54. The summed E-state index contributed by atoms with van der Waals surface area (Å²) in [5.74, 6) is 0.792.